The number of piperidine rings is 1. The Bertz CT molecular complexity index is 1240. The molecule has 2 aromatic heterocycles. The normalized spacial score (nSPS) is 17.2. The number of rotatable bonds is 4. The van der Waals surface area contributed by atoms with E-state index in [9.17, 15) is 13.2 Å². The number of nitrogens with one attached hydrogen (secondary N) is 1. The number of hydrogen-bond donors (Lipinski definition) is 1. The van der Waals surface area contributed by atoms with Gasteiger partial charge in [0, 0.05) is 23.8 Å². The Labute approximate surface area is 199 Å². The molecule has 1 atom stereocenters. The molecule has 31 heavy (non-hydrogen) atoms. The van der Waals surface area contributed by atoms with Crippen LogP contribution in [0.15, 0.2) is 30.5 Å². The van der Waals surface area contributed by atoms with E-state index in [4.69, 9.17) is 11.6 Å². The number of sulfonamides is 1. The molecule has 1 aliphatic rings. The first kappa shape index (κ1) is 22.3. The fourth-order valence-electron chi connectivity index (χ4n) is 3.79. The molecule has 8 nitrogen and oxygen atoms in total. The quantitative estimate of drug-likeness (QED) is 0.376. The summed E-state index contributed by atoms with van der Waals surface area (Å²) < 4.78 is 28.6. The molecule has 4 rings (SSSR count). The largest absolute Gasteiger partial charge is 0.330 e. The van der Waals surface area contributed by atoms with Crippen LogP contribution in [-0.2, 0) is 10.0 Å². The molecule has 0 bridgehead atoms. The highest BCUT2D eigenvalue weighted by molar-refractivity contribution is 14.1. The second-order valence-corrected chi connectivity index (χ2v) is 10.9. The van der Waals surface area contributed by atoms with Crippen molar-refractivity contribution in [2.75, 3.05) is 17.5 Å². The van der Waals surface area contributed by atoms with Crippen molar-refractivity contribution in [3.8, 4) is 0 Å². The van der Waals surface area contributed by atoms with Gasteiger partial charge < -0.3 is 4.90 Å². The van der Waals surface area contributed by atoms with E-state index in [0.29, 0.717) is 11.6 Å². The molecule has 0 radical (unpaired) electrons. The summed E-state index contributed by atoms with van der Waals surface area (Å²) in [7, 11) is -3.56. The number of halogens is 2. The molecule has 0 aliphatic carbocycles. The Kier molecular flexibility index (Phi) is 6.14. The first-order chi connectivity index (χ1) is 14.6. The third-order valence-corrected chi connectivity index (χ3v) is 7.12. The minimum atomic E-state index is -3.56. The Morgan fingerprint density at radius 1 is 1.29 bits per heavy atom. The maximum absolute atomic E-state index is 13.5. The molecular weight excluding hydrogens is 553 g/mol. The number of aryl methyl sites for hydroxylation is 1. The van der Waals surface area contributed by atoms with Gasteiger partial charge in [0.15, 0.2) is 5.65 Å². The number of aromatic nitrogens is 3. The summed E-state index contributed by atoms with van der Waals surface area (Å²) in [5.41, 5.74) is 2.95. The lowest BCUT2D eigenvalue weighted by Crippen LogP contribution is -2.39. The number of carbonyl (C=O) groups is 1. The van der Waals surface area contributed by atoms with Crippen molar-refractivity contribution in [1.29, 1.82) is 0 Å². The summed E-state index contributed by atoms with van der Waals surface area (Å²) in [6, 6.07) is 6.24. The first-order valence-electron chi connectivity index (χ1n) is 9.73. The Hall–Kier alpha value is -1.92. The van der Waals surface area contributed by atoms with Gasteiger partial charge >= 0.3 is 0 Å². The number of benzene rings is 1. The second kappa shape index (κ2) is 8.55. The monoisotopic (exact) mass is 573 g/mol. The van der Waals surface area contributed by atoms with Gasteiger partial charge in [-0.25, -0.2) is 17.9 Å². The van der Waals surface area contributed by atoms with E-state index in [-0.39, 0.29) is 23.2 Å². The van der Waals surface area contributed by atoms with Crippen molar-refractivity contribution in [2.45, 2.75) is 32.2 Å². The van der Waals surface area contributed by atoms with Crippen LogP contribution in [-0.4, -0.2) is 46.6 Å². The highest BCUT2D eigenvalue weighted by Gasteiger charge is 2.32. The summed E-state index contributed by atoms with van der Waals surface area (Å²) in [6.07, 6.45) is 5.57. The molecule has 1 saturated heterocycles. The maximum atomic E-state index is 13.5. The summed E-state index contributed by atoms with van der Waals surface area (Å²) in [4.78, 5) is 19.9. The second-order valence-electron chi connectivity index (χ2n) is 7.66. The topological polar surface area (TPSA) is 96.7 Å². The lowest BCUT2D eigenvalue weighted by molar-refractivity contribution is 0.0607. The van der Waals surface area contributed by atoms with Crippen LogP contribution in [0, 0.1) is 10.6 Å². The van der Waals surface area contributed by atoms with E-state index >= 15 is 0 Å². The van der Waals surface area contributed by atoms with Gasteiger partial charge in [0.1, 0.15) is 3.70 Å². The Morgan fingerprint density at radius 3 is 2.81 bits per heavy atom. The minimum Gasteiger partial charge on any atom is -0.330 e. The van der Waals surface area contributed by atoms with E-state index < -0.39 is 10.0 Å². The summed E-state index contributed by atoms with van der Waals surface area (Å²) in [5, 5.41) is 5.04. The van der Waals surface area contributed by atoms with E-state index in [1.54, 1.807) is 15.5 Å². The van der Waals surface area contributed by atoms with Crippen molar-refractivity contribution in [2.24, 2.45) is 0 Å². The SMILES string of the molecule is Cc1cn2nc([C@@H]3CCCCN3C(=O)c3cc(Cl)ccc3NS(C)(=O)=O)cc2nc1I. The predicted octanol–water partition coefficient (Wildman–Crippen LogP) is 4.03. The Morgan fingerprint density at radius 2 is 2.06 bits per heavy atom. The van der Waals surface area contributed by atoms with Crippen molar-refractivity contribution in [3.05, 3.63) is 56.0 Å². The molecule has 3 aromatic rings. The lowest BCUT2D eigenvalue weighted by atomic mass is 9.98. The van der Waals surface area contributed by atoms with Gasteiger partial charge in [-0.3, -0.25) is 9.52 Å². The molecular formula is C20H21ClIN5O3S. The van der Waals surface area contributed by atoms with Crippen molar-refractivity contribution in [3.63, 3.8) is 0 Å². The summed E-state index contributed by atoms with van der Waals surface area (Å²) >= 11 is 8.33. The minimum absolute atomic E-state index is 0.211. The summed E-state index contributed by atoms with van der Waals surface area (Å²) in [6.45, 7) is 2.52. The van der Waals surface area contributed by atoms with Crippen molar-refractivity contribution >= 4 is 61.5 Å². The smallest absolute Gasteiger partial charge is 0.256 e. The zero-order valence-corrected chi connectivity index (χ0v) is 20.7. The zero-order valence-electron chi connectivity index (χ0n) is 17.0. The van der Waals surface area contributed by atoms with Gasteiger partial charge in [-0.15, -0.1) is 0 Å². The van der Waals surface area contributed by atoms with Crippen LogP contribution in [0.4, 0.5) is 5.69 Å². The lowest BCUT2D eigenvalue weighted by Gasteiger charge is -2.35. The fraction of sp³-hybridized carbons (Fsp3) is 0.350. The third kappa shape index (κ3) is 4.80. The number of likely N-dealkylation sites (tertiary alicyclic amines) is 1. The van der Waals surface area contributed by atoms with Crippen LogP contribution in [0.1, 0.15) is 46.9 Å². The van der Waals surface area contributed by atoms with Gasteiger partial charge in [-0.1, -0.05) is 11.6 Å². The predicted molar refractivity (Wildman–Crippen MR) is 128 cm³/mol. The van der Waals surface area contributed by atoms with E-state index in [2.05, 4.69) is 37.4 Å². The van der Waals surface area contributed by atoms with Gasteiger partial charge in [0.2, 0.25) is 10.0 Å². The average molecular weight is 574 g/mol. The molecule has 1 N–H and O–H groups in total. The number of anilines is 1. The van der Waals surface area contributed by atoms with E-state index in [0.717, 1.165) is 46.1 Å². The maximum Gasteiger partial charge on any atom is 0.256 e. The highest BCUT2D eigenvalue weighted by atomic mass is 127. The fourth-order valence-corrected chi connectivity index (χ4v) is 4.92. The molecule has 164 valence electrons. The molecule has 3 heterocycles. The van der Waals surface area contributed by atoms with Crippen LogP contribution in [0.5, 0.6) is 0 Å². The molecule has 11 heteroatoms. The van der Waals surface area contributed by atoms with E-state index in [1.807, 2.05) is 19.2 Å². The molecule has 0 saturated carbocycles. The standard InChI is InChI=1S/C20H21ClIN5O3S/c1-12-11-27-18(23-19(12)22)10-16(24-27)17-5-3-4-8-26(17)20(28)14-9-13(21)6-7-15(14)25-31(2,29)30/h6-7,9-11,17,25H,3-5,8H2,1-2H3/t17-/m0/s1. The average Bonchev–Trinajstić information content (AvgIpc) is 3.10. The number of nitrogens with zero attached hydrogens (tertiary/aromatic N) is 4. The molecule has 0 spiro atoms. The number of carbonyl (C=O) groups excluding carboxylic acids is 1. The van der Waals surface area contributed by atoms with Gasteiger partial charge in [0.05, 0.1) is 29.2 Å². The third-order valence-electron chi connectivity index (χ3n) is 5.20. The number of fused-ring (bicyclic) bond motifs is 1. The molecule has 1 amide bonds. The van der Waals surface area contributed by atoms with Crippen LogP contribution in [0.2, 0.25) is 5.02 Å². The van der Waals surface area contributed by atoms with Crippen LogP contribution < -0.4 is 4.72 Å². The van der Waals surface area contributed by atoms with Crippen LogP contribution in [0.3, 0.4) is 0 Å². The summed E-state index contributed by atoms with van der Waals surface area (Å²) in [5.74, 6) is -0.283. The number of hydrogen-bond acceptors (Lipinski definition) is 5. The van der Waals surface area contributed by atoms with E-state index in [1.165, 1.54) is 12.1 Å². The van der Waals surface area contributed by atoms with Crippen molar-refractivity contribution < 1.29 is 13.2 Å². The van der Waals surface area contributed by atoms with Crippen LogP contribution in [0.25, 0.3) is 5.65 Å². The molecule has 1 aromatic carbocycles. The number of amides is 1. The van der Waals surface area contributed by atoms with Gasteiger partial charge in [0.25, 0.3) is 5.91 Å². The molecule has 0 unspecified atom stereocenters. The van der Waals surface area contributed by atoms with Crippen LogP contribution >= 0.6 is 34.2 Å². The Balaban J connectivity index is 1.73. The zero-order chi connectivity index (χ0) is 22.3. The van der Waals surface area contributed by atoms with Gasteiger partial charge in [-0.05, 0) is 72.5 Å². The first-order valence-corrected chi connectivity index (χ1v) is 13.1. The van der Waals surface area contributed by atoms with Crippen molar-refractivity contribution in [1.82, 2.24) is 19.5 Å². The van der Waals surface area contributed by atoms with Gasteiger partial charge in [-0.2, -0.15) is 5.10 Å². The molecule has 1 aliphatic heterocycles. The molecule has 1 fully saturated rings. The highest BCUT2D eigenvalue weighted by Crippen LogP contribution is 2.34.